The molecule has 2 aromatic heterocycles. The van der Waals surface area contributed by atoms with Crippen molar-refractivity contribution in [1.82, 2.24) is 25.0 Å². The third-order valence-electron chi connectivity index (χ3n) is 4.28. The van der Waals surface area contributed by atoms with E-state index in [1.54, 1.807) is 11.3 Å². The standard InChI is InChI=1S/C20H26N6S/c1-15-19(27-16(2)24-15)10-11-22-20(21-3)25(4)13-17-12-23-26(14-17)18-8-6-5-7-9-18/h5-9,12,14H,10-11,13H2,1-4H3,(H,21,22). The van der Waals surface area contributed by atoms with Crippen LogP contribution in [0.3, 0.4) is 0 Å². The zero-order valence-corrected chi connectivity index (χ0v) is 17.1. The number of aromatic nitrogens is 3. The van der Waals surface area contributed by atoms with Gasteiger partial charge in [-0.05, 0) is 26.0 Å². The molecular weight excluding hydrogens is 356 g/mol. The molecule has 0 aliphatic heterocycles. The van der Waals surface area contributed by atoms with Crippen LogP contribution in [0.4, 0.5) is 0 Å². The summed E-state index contributed by atoms with van der Waals surface area (Å²) in [6, 6.07) is 10.1. The van der Waals surface area contributed by atoms with Crippen LogP contribution >= 0.6 is 11.3 Å². The molecule has 27 heavy (non-hydrogen) atoms. The summed E-state index contributed by atoms with van der Waals surface area (Å²) in [5, 5.41) is 9.03. The zero-order chi connectivity index (χ0) is 19.2. The first-order valence-corrected chi connectivity index (χ1v) is 9.82. The van der Waals surface area contributed by atoms with Crippen LogP contribution < -0.4 is 5.32 Å². The largest absolute Gasteiger partial charge is 0.356 e. The number of nitrogens with one attached hydrogen (secondary N) is 1. The van der Waals surface area contributed by atoms with Crippen molar-refractivity contribution in [3.8, 4) is 5.69 Å². The summed E-state index contributed by atoms with van der Waals surface area (Å²) >= 11 is 1.77. The summed E-state index contributed by atoms with van der Waals surface area (Å²) in [5.41, 5.74) is 3.33. The van der Waals surface area contributed by atoms with Gasteiger partial charge in [-0.15, -0.1) is 11.3 Å². The molecule has 0 atom stereocenters. The second-order valence-electron chi connectivity index (χ2n) is 6.45. The first kappa shape index (κ1) is 19.1. The van der Waals surface area contributed by atoms with E-state index in [4.69, 9.17) is 0 Å². The maximum atomic E-state index is 4.49. The van der Waals surface area contributed by atoms with Crippen LogP contribution in [-0.4, -0.2) is 46.3 Å². The Morgan fingerprint density at radius 1 is 1.26 bits per heavy atom. The van der Waals surface area contributed by atoms with E-state index in [0.717, 1.165) is 47.4 Å². The normalized spacial score (nSPS) is 11.6. The van der Waals surface area contributed by atoms with Crippen LogP contribution in [0.1, 0.15) is 21.1 Å². The minimum Gasteiger partial charge on any atom is -0.356 e. The number of para-hydroxylation sites is 1. The van der Waals surface area contributed by atoms with Gasteiger partial charge in [0.05, 0.1) is 22.6 Å². The van der Waals surface area contributed by atoms with Crippen LogP contribution in [-0.2, 0) is 13.0 Å². The summed E-state index contributed by atoms with van der Waals surface area (Å²) in [4.78, 5) is 12.3. The first-order valence-electron chi connectivity index (χ1n) is 9.00. The van der Waals surface area contributed by atoms with Crippen molar-refractivity contribution < 1.29 is 0 Å². The molecular formula is C20H26N6S. The molecule has 1 N–H and O–H groups in total. The summed E-state index contributed by atoms with van der Waals surface area (Å²) < 4.78 is 1.90. The minimum atomic E-state index is 0.741. The number of aliphatic imine (C=N–C) groups is 1. The molecule has 0 saturated carbocycles. The Morgan fingerprint density at radius 3 is 2.70 bits per heavy atom. The van der Waals surface area contributed by atoms with Gasteiger partial charge in [-0.1, -0.05) is 18.2 Å². The summed E-state index contributed by atoms with van der Waals surface area (Å²) in [5.74, 6) is 0.876. The van der Waals surface area contributed by atoms with E-state index in [0.29, 0.717) is 0 Å². The number of benzene rings is 1. The molecule has 3 aromatic rings. The molecule has 7 heteroatoms. The molecule has 0 fully saturated rings. The van der Waals surface area contributed by atoms with Gasteiger partial charge in [0.2, 0.25) is 0 Å². The van der Waals surface area contributed by atoms with Gasteiger partial charge in [-0.3, -0.25) is 4.99 Å². The predicted octanol–water partition coefficient (Wildman–Crippen LogP) is 3.20. The summed E-state index contributed by atoms with van der Waals surface area (Å²) in [6.45, 7) is 5.70. The van der Waals surface area contributed by atoms with E-state index in [1.807, 2.05) is 55.3 Å². The number of hydrogen-bond acceptors (Lipinski definition) is 4. The van der Waals surface area contributed by atoms with Crippen LogP contribution in [0.15, 0.2) is 47.7 Å². The summed E-state index contributed by atoms with van der Waals surface area (Å²) in [6.07, 6.45) is 4.92. The van der Waals surface area contributed by atoms with Crippen molar-refractivity contribution in [2.24, 2.45) is 4.99 Å². The number of guanidine groups is 1. The Balaban J connectivity index is 1.55. The third kappa shape index (κ3) is 4.95. The average Bonchev–Trinajstić information content (AvgIpc) is 3.25. The molecule has 0 saturated heterocycles. The van der Waals surface area contributed by atoms with Gasteiger partial charge in [-0.2, -0.15) is 5.10 Å². The highest BCUT2D eigenvalue weighted by molar-refractivity contribution is 7.11. The topological polar surface area (TPSA) is 58.3 Å². The average molecular weight is 383 g/mol. The molecule has 142 valence electrons. The quantitative estimate of drug-likeness (QED) is 0.525. The monoisotopic (exact) mass is 382 g/mol. The SMILES string of the molecule is CN=C(NCCc1sc(C)nc1C)N(C)Cc1cnn(-c2ccccc2)c1. The molecule has 0 spiro atoms. The van der Waals surface area contributed by atoms with E-state index in [1.165, 1.54) is 4.88 Å². The number of aryl methyl sites for hydroxylation is 2. The van der Waals surface area contributed by atoms with Crippen molar-refractivity contribution in [2.75, 3.05) is 20.6 Å². The zero-order valence-electron chi connectivity index (χ0n) is 16.3. The Bertz CT molecular complexity index is 896. The highest BCUT2D eigenvalue weighted by atomic mass is 32.1. The van der Waals surface area contributed by atoms with Gasteiger partial charge in [0.15, 0.2) is 5.96 Å². The molecule has 0 unspecified atom stereocenters. The maximum Gasteiger partial charge on any atom is 0.193 e. The number of hydrogen-bond donors (Lipinski definition) is 1. The Hall–Kier alpha value is -2.67. The van der Waals surface area contributed by atoms with E-state index in [9.17, 15) is 0 Å². The lowest BCUT2D eigenvalue weighted by Crippen LogP contribution is -2.39. The smallest absolute Gasteiger partial charge is 0.193 e. The minimum absolute atomic E-state index is 0.741. The molecule has 6 nitrogen and oxygen atoms in total. The van der Waals surface area contributed by atoms with Gasteiger partial charge in [-0.25, -0.2) is 9.67 Å². The van der Waals surface area contributed by atoms with Crippen molar-refractivity contribution >= 4 is 17.3 Å². The fraction of sp³-hybridized carbons (Fsp3) is 0.350. The van der Waals surface area contributed by atoms with Gasteiger partial charge in [0.1, 0.15) is 0 Å². The van der Waals surface area contributed by atoms with Gasteiger partial charge >= 0.3 is 0 Å². The number of rotatable bonds is 6. The van der Waals surface area contributed by atoms with Crippen molar-refractivity contribution in [2.45, 2.75) is 26.8 Å². The second-order valence-corrected chi connectivity index (χ2v) is 7.74. The van der Waals surface area contributed by atoms with E-state index < -0.39 is 0 Å². The highest BCUT2D eigenvalue weighted by Crippen LogP contribution is 2.17. The lowest BCUT2D eigenvalue weighted by molar-refractivity contribution is 0.477. The van der Waals surface area contributed by atoms with Crippen LogP contribution in [0, 0.1) is 13.8 Å². The maximum absolute atomic E-state index is 4.49. The molecule has 0 radical (unpaired) electrons. The fourth-order valence-electron chi connectivity index (χ4n) is 2.99. The molecule has 0 amide bonds. The Kier molecular flexibility index (Phi) is 6.24. The van der Waals surface area contributed by atoms with E-state index in [-0.39, 0.29) is 0 Å². The lowest BCUT2D eigenvalue weighted by atomic mass is 10.3. The van der Waals surface area contributed by atoms with E-state index in [2.05, 4.69) is 45.3 Å². The van der Waals surface area contributed by atoms with Crippen molar-refractivity contribution in [1.29, 1.82) is 0 Å². The Labute approximate surface area is 164 Å². The summed E-state index contributed by atoms with van der Waals surface area (Å²) in [7, 11) is 3.85. The van der Waals surface area contributed by atoms with Crippen LogP contribution in [0.5, 0.6) is 0 Å². The molecule has 3 rings (SSSR count). The third-order valence-corrected chi connectivity index (χ3v) is 5.42. The van der Waals surface area contributed by atoms with E-state index >= 15 is 0 Å². The lowest BCUT2D eigenvalue weighted by Gasteiger charge is -2.21. The Morgan fingerprint density at radius 2 is 2.04 bits per heavy atom. The van der Waals surface area contributed by atoms with Crippen molar-refractivity contribution in [3.63, 3.8) is 0 Å². The van der Waals surface area contributed by atoms with Crippen LogP contribution in [0.25, 0.3) is 5.69 Å². The molecule has 0 aliphatic rings. The molecule has 0 bridgehead atoms. The second kappa shape index (κ2) is 8.81. The predicted molar refractivity (Wildman–Crippen MR) is 112 cm³/mol. The molecule has 2 heterocycles. The highest BCUT2D eigenvalue weighted by Gasteiger charge is 2.10. The molecule has 1 aromatic carbocycles. The fourth-order valence-corrected chi connectivity index (χ4v) is 3.93. The number of thiazole rings is 1. The van der Waals surface area contributed by atoms with Crippen molar-refractivity contribution in [3.05, 3.63) is 63.9 Å². The van der Waals surface area contributed by atoms with Gasteiger partial charge in [0, 0.05) is 50.2 Å². The molecule has 0 aliphatic carbocycles. The van der Waals surface area contributed by atoms with Gasteiger partial charge < -0.3 is 10.2 Å². The first-order chi connectivity index (χ1) is 13.1. The van der Waals surface area contributed by atoms with Gasteiger partial charge in [0.25, 0.3) is 0 Å². The van der Waals surface area contributed by atoms with Crippen LogP contribution in [0.2, 0.25) is 0 Å². The number of nitrogens with zero attached hydrogens (tertiary/aromatic N) is 5.